The summed E-state index contributed by atoms with van der Waals surface area (Å²) in [5, 5.41) is 6.94. The number of methoxy groups -OCH3 is 1. The minimum absolute atomic E-state index is 0.167. The maximum atomic E-state index is 12.3. The molecule has 1 fully saturated rings. The van der Waals surface area contributed by atoms with Gasteiger partial charge in [0.2, 0.25) is 5.91 Å². The molecule has 148 valence electrons. The van der Waals surface area contributed by atoms with Crippen LogP contribution < -0.4 is 11.1 Å². The lowest BCUT2D eigenvalue weighted by atomic mass is 10.2. The molecular formula is C19H23N5O4. The number of rotatable bonds is 7. The maximum Gasteiger partial charge on any atom is 0.343 e. The lowest BCUT2D eigenvalue weighted by Gasteiger charge is -2.15. The minimum atomic E-state index is -0.560. The Labute approximate surface area is 162 Å². The average Bonchev–Trinajstić information content (AvgIpc) is 3.30. The van der Waals surface area contributed by atoms with Crippen molar-refractivity contribution in [1.29, 1.82) is 0 Å². The van der Waals surface area contributed by atoms with Crippen LogP contribution in [0.2, 0.25) is 0 Å². The summed E-state index contributed by atoms with van der Waals surface area (Å²) in [5.74, 6) is -0.394. The fourth-order valence-corrected chi connectivity index (χ4v) is 3.10. The first-order valence-corrected chi connectivity index (χ1v) is 9.09. The SMILES string of the molecule is COC(=O)c1cnn(-c2ccc(C(=O)NCCCN3CCCC3=O)cc2)c1N. The summed E-state index contributed by atoms with van der Waals surface area (Å²) in [4.78, 5) is 37.3. The summed E-state index contributed by atoms with van der Waals surface area (Å²) < 4.78 is 6.06. The Hall–Kier alpha value is -3.36. The number of ether oxygens (including phenoxy) is 1. The molecule has 28 heavy (non-hydrogen) atoms. The zero-order valence-corrected chi connectivity index (χ0v) is 15.7. The molecule has 0 atom stereocenters. The van der Waals surface area contributed by atoms with Gasteiger partial charge in [-0.2, -0.15) is 5.10 Å². The highest BCUT2D eigenvalue weighted by atomic mass is 16.5. The number of aromatic nitrogens is 2. The van der Waals surface area contributed by atoms with E-state index in [0.717, 1.165) is 19.4 Å². The van der Waals surface area contributed by atoms with Crippen LogP contribution in [0.15, 0.2) is 30.5 Å². The summed E-state index contributed by atoms with van der Waals surface area (Å²) in [6, 6.07) is 6.71. The first kappa shape index (κ1) is 19.4. The van der Waals surface area contributed by atoms with E-state index >= 15 is 0 Å². The first-order valence-electron chi connectivity index (χ1n) is 9.09. The number of hydrogen-bond donors (Lipinski definition) is 2. The number of hydrogen-bond acceptors (Lipinski definition) is 6. The van der Waals surface area contributed by atoms with E-state index in [2.05, 4.69) is 15.2 Å². The lowest BCUT2D eigenvalue weighted by Crippen LogP contribution is -2.30. The average molecular weight is 385 g/mol. The van der Waals surface area contributed by atoms with Crippen molar-refractivity contribution in [2.45, 2.75) is 19.3 Å². The molecule has 0 radical (unpaired) electrons. The number of likely N-dealkylation sites (tertiary alicyclic amines) is 1. The number of nitrogens with one attached hydrogen (secondary N) is 1. The zero-order valence-electron chi connectivity index (χ0n) is 15.7. The molecule has 0 aliphatic carbocycles. The molecule has 1 aliphatic rings. The van der Waals surface area contributed by atoms with Gasteiger partial charge in [0.25, 0.3) is 5.91 Å². The molecule has 1 saturated heterocycles. The largest absolute Gasteiger partial charge is 0.465 e. The van der Waals surface area contributed by atoms with Gasteiger partial charge < -0.3 is 20.7 Å². The van der Waals surface area contributed by atoms with Crippen molar-refractivity contribution in [1.82, 2.24) is 20.0 Å². The van der Waals surface area contributed by atoms with E-state index < -0.39 is 5.97 Å². The minimum Gasteiger partial charge on any atom is -0.465 e. The number of anilines is 1. The van der Waals surface area contributed by atoms with Gasteiger partial charge in [0.15, 0.2) is 0 Å². The smallest absolute Gasteiger partial charge is 0.343 e. The van der Waals surface area contributed by atoms with Gasteiger partial charge in [-0.1, -0.05) is 0 Å². The third kappa shape index (κ3) is 4.13. The van der Waals surface area contributed by atoms with E-state index in [0.29, 0.717) is 30.8 Å². The van der Waals surface area contributed by atoms with E-state index in [1.165, 1.54) is 18.0 Å². The highest BCUT2D eigenvalue weighted by molar-refractivity contribution is 5.95. The summed E-state index contributed by atoms with van der Waals surface area (Å²) in [6.07, 6.45) is 3.60. The van der Waals surface area contributed by atoms with Crippen molar-refractivity contribution in [3.8, 4) is 5.69 Å². The molecule has 3 N–H and O–H groups in total. The van der Waals surface area contributed by atoms with E-state index in [-0.39, 0.29) is 23.2 Å². The number of esters is 1. The molecule has 1 aromatic heterocycles. The molecule has 3 rings (SSSR count). The standard InChI is InChI=1S/C19H23N5O4/c1-28-19(27)15-12-22-24(17(15)20)14-7-5-13(6-8-14)18(26)21-9-3-11-23-10-2-4-16(23)25/h5-8,12H,2-4,9-11,20H2,1H3,(H,21,26). The van der Waals surface area contributed by atoms with E-state index in [4.69, 9.17) is 5.73 Å². The number of nitrogens with two attached hydrogens (primary N) is 1. The Morgan fingerprint density at radius 3 is 2.68 bits per heavy atom. The number of amides is 2. The van der Waals surface area contributed by atoms with Gasteiger partial charge in [-0.05, 0) is 37.1 Å². The molecular weight excluding hydrogens is 362 g/mol. The Kier molecular flexibility index (Phi) is 5.93. The number of carbonyl (C=O) groups is 3. The van der Waals surface area contributed by atoms with Crippen LogP contribution in [0.3, 0.4) is 0 Å². The van der Waals surface area contributed by atoms with Crippen LogP contribution >= 0.6 is 0 Å². The van der Waals surface area contributed by atoms with Gasteiger partial charge in [-0.3, -0.25) is 9.59 Å². The highest BCUT2D eigenvalue weighted by Crippen LogP contribution is 2.18. The Morgan fingerprint density at radius 2 is 2.04 bits per heavy atom. The summed E-state index contributed by atoms with van der Waals surface area (Å²) in [6.45, 7) is 1.97. The van der Waals surface area contributed by atoms with Gasteiger partial charge in [0.1, 0.15) is 11.4 Å². The van der Waals surface area contributed by atoms with Gasteiger partial charge in [-0.25, -0.2) is 9.48 Å². The van der Waals surface area contributed by atoms with Crippen molar-refractivity contribution >= 4 is 23.6 Å². The van der Waals surface area contributed by atoms with Crippen LogP contribution in [-0.2, 0) is 9.53 Å². The summed E-state index contributed by atoms with van der Waals surface area (Å²) >= 11 is 0. The maximum absolute atomic E-state index is 12.3. The van der Waals surface area contributed by atoms with Crippen LogP contribution in [-0.4, -0.2) is 59.2 Å². The Bertz CT molecular complexity index is 875. The molecule has 0 spiro atoms. The Morgan fingerprint density at radius 1 is 1.29 bits per heavy atom. The predicted octanol–water partition coefficient (Wildman–Crippen LogP) is 0.983. The second kappa shape index (κ2) is 8.55. The van der Waals surface area contributed by atoms with Crippen molar-refractivity contribution in [3.63, 3.8) is 0 Å². The normalized spacial score (nSPS) is 13.6. The van der Waals surface area contributed by atoms with Crippen LogP contribution in [0, 0.1) is 0 Å². The van der Waals surface area contributed by atoms with E-state index in [1.807, 2.05) is 4.90 Å². The third-order valence-corrected chi connectivity index (χ3v) is 4.65. The van der Waals surface area contributed by atoms with Gasteiger partial charge in [0, 0.05) is 31.6 Å². The number of nitrogens with zero attached hydrogens (tertiary/aromatic N) is 3. The van der Waals surface area contributed by atoms with Gasteiger partial charge in [0.05, 0.1) is 19.0 Å². The Balaban J connectivity index is 1.55. The van der Waals surface area contributed by atoms with E-state index in [1.54, 1.807) is 24.3 Å². The zero-order chi connectivity index (χ0) is 20.1. The van der Waals surface area contributed by atoms with Crippen molar-refractivity contribution < 1.29 is 19.1 Å². The summed E-state index contributed by atoms with van der Waals surface area (Å²) in [5.41, 5.74) is 7.25. The molecule has 9 heteroatoms. The van der Waals surface area contributed by atoms with Crippen LogP contribution in [0.4, 0.5) is 5.82 Å². The van der Waals surface area contributed by atoms with Crippen LogP contribution in [0.5, 0.6) is 0 Å². The van der Waals surface area contributed by atoms with Gasteiger partial charge in [-0.15, -0.1) is 0 Å². The summed E-state index contributed by atoms with van der Waals surface area (Å²) in [7, 11) is 1.27. The molecule has 2 amide bonds. The second-order valence-electron chi connectivity index (χ2n) is 6.49. The predicted molar refractivity (Wildman–Crippen MR) is 102 cm³/mol. The fourth-order valence-electron chi connectivity index (χ4n) is 3.10. The molecule has 0 saturated carbocycles. The van der Waals surface area contributed by atoms with Crippen molar-refractivity contribution in [2.24, 2.45) is 0 Å². The third-order valence-electron chi connectivity index (χ3n) is 4.65. The molecule has 2 heterocycles. The second-order valence-corrected chi connectivity index (χ2v) is 6.49. The highest BCUT2D eigenvalue weighted by Gasteiger charge is 2.19. The quantitative estimate of drug-likeness (QED) is 0.542. The lowest BCUT2D eigenvalue weighted by molar-refractivity contribution is -0.127. The molecule has 1 aromatic carbocycles. The number of nitrogen functional groups attached to an aromatic ring is 1. The first-order chi connectivity index (χ1) is 13.5. The number of benzene rings is 1. The molecule has 9 nitrogen and oxygen atoms in total. The van der Waals surface area contributed by atoms with Crippen molar-refractivity contribution in [2.75, 3.05) is 32.5 Å². The molecule has 2 aromatic rings. The monoisotopic (exact) mass is 385 g/mol. The number of carbonyl (C=O) groups excluding carboxylic acids is 3. The van der Waals surface area contributed by atoms with Crippen LogP contribution in [0.25, 0.3) is 5.69 Å². The molecule has 1 aliphatic heterocycles. The van der Waals surface area contributed by atoms with Crippen molar-refractivity contribution in [3.05, 3.63) is 41.6 Å². The fraction of sp³-hybridized carbons (Fsp3) is 0.368. The molecule has 0 bridgehead atoms. The van der Waals surface area contributed by atoms with Crippen LogP contribution in [0.1, 0.15) is 40.0 Å². The topological polar surface area (TPSA) is 120 Å². The molecule has 0 unspecified atom stereocenters. The van der Waals surface area contributed by atoms with Gasteiger partial charge >= 0.3 is 5.97 Å². The van der Waals surface area contributed by atoms with E-state index in [9.17, 15) is 14.4 Å².